The number of aromatic nitrogens is 4. The smallest absolute Gasteiger partial charge is 0.255 e. The van der Waals surface area contributed by atoms with Crippen LogP contribution in [0.5, 0.6) is 0 Å². The largest absolute Gasteiger partial charge is 0.391 e. The van der Waals surface area contributed by atoms with Crippen LogP contribution >= 0.6 is 22.7 Å². The number of amides is 9. The third-order valence-corrected chi connectivity index (χ3v) is 24.3. The monoisotopic (exact) mass is 1580 g/mol. The Morgan fingerprint density at radius 3 is 1.34 bits per heavy atom. The van der Waals surface area contributed by atoms with Crippen LogP contribution in [-0.4, -0.2) is 198 Å². The van der Waals surface area contributed by atoms with Crippen LogP contribution in [0.2, 0.25) is 0 Å². The Kier molecular flexibility index (Phi) is 26.0. The van der Waals surface area contributed by atoms with Gasteiger partial charge in [-0.25, -0.2) is 19.3 Å². The minimum absolute atomic E-state index is 0.0103. The summed E-state index contributed by atoms with van der Waals surface area (Å²) < 4.78 is 15.8. The Morgan fingerprint density at radius 1 is 0.522 bits per heavy atom. The number of aryl methyl sites for hydroxylation is 4. The van der Waals surface area contributed by atoms with Gasteiger partial charge in [0.05, 0.1) is 68.2 Å². The molecule has 9 amide bonds. The molecule has 5 aromatic carbocycles. The molecule has 6 aliphatic rings. The molecule has 0 spiro atoms. The summed E-state index contributed by atoms with van der Waals surface area (Å²) in [7, 11) is 1.95. The van der Waals surface area contributed by atoms with E-state index in [4.69, 9.17) is 0 Å². The number of halogens is 1. The van der Waals surface area contributed by atoms with Crippen LogP contribution in [0.25, 0.3) is 32.1 Å². The number of hydrogen-bond acceptors (Lipinski definition) is 17. The minimum atomic E-state index is -0.856. The van der Waals surface area contributed by atoms with Gasteiger partial charge < -0.3 is 65.2 Å². The molecule has 6 N–H and O–H groups in total. The number of fused-ring (bicyclic) bond motifs is 2. The lowest BCUT2D eigenvalue weighted by Gasteiger charge is -2.36. The van der Waals surface area contributed by atoms with Gasteiger partial charge in [0.15, 0.2) is 0 Å². The van der Waals surface area contributed by atoms with E-state index in [-0.39, 0.29) is 123 Å². The second-order valence-corrected chi connectivity index (χ2v) is 32.7. The summed E-state index contributed by atoms with van der Waals surface area (Å²) in [5.74, 6) is -3.47. The Bertz CT molecular complexity index is 4800. The molecule has 113 heavy (non-hydrogen) atoms. The van der Waals surface area contributed by atoms with Crippen molar-refractivity contribution in [1.82, 2.24) is 64.9 Å². The number of β-amino-alcohol motifs (C(OH)–C–C–N with tert-alkyl or cyclic N) is 3. The van der Waals surface area contributed by atoms with E-state index in [0.29, 0.717) is 50.1 Å². The average Bonchev–Trinajstić information content (AvgIpc) is 1.65. The van der Waals surface area contributed by atoms with E-state index in [9.17, 15) is 62.9 Å². The third-order valence-electron chi connectivity index (χ3n) is 22.3. The fourth-order valence-corrected chi connectivity index (χ4v) is 17.9. The molecular formula is C85H100FN13O12S2. The molecule has 0 saturated carbocycles. The number of hydrogen-bond donors (Lipinski definition) is 6. The number of aliphatic hydroxyl groups excluding tert-OH is 3. The predicted molar refractivity (Wildman–Crippen MR) is 426 cm³/mol. The number of rotatable bonds is 22. The number of carbonyl (C=O) groups is 9. The lowest BCUT2D eigenvalue weighted by Crippen LogP contribution is -2.55. The summed E-state index contributed by atoms with van der Waals surface area (Å²) in [6, 6.07) is 30.6. The molecule has 4 fully saturated rings. The SMILES string of the molecule is CC[C@H](C)[C@@H](C(=O)N1C[C@H](O)C[C@H]1C(=O)NCc1ccc(-c2scnc2C)cc1)N1Cc2ccc(F)cc2C1=O.Cc1ncn(C)c1-c1ccc(CNC(=O)[C@@H]2C[C@@H](O)CN2C(=O)[C@H](C(C)C)N2Cc3ccccc3C2=O)cc1.Cc1ncsc1-c1ccc(CNC(=O)[C@@H]2C[C@@H](O)CN2C(=O)[C@H](C(C)C)N2CCCC2=O)cc1. The molecular weight excluding hydrogens is 1480 g/mol. The quantitative estimate of drug-likeness (QED) is 0.0369. The van der Waals surface area contributed by atoms with Gasteiger partial charge in [-0.15, -0.1) is 22.7 Å². The topological polar surface area (TPSA) is 313 Å². The molecule has 596 valence electrons. The first-order valence-electron chi connectivity index (χ1n) is 38.7. The van der Waals surface area contributed by atoms with Gasteiger partial charge in [-0.1, -0.05) is 145 Å². The van der Waals surface area contributed by atoms with Gasteiger partial charge in [-0.2, -0.15) is 0 Å². The number of nitrogens with zero attached hydrogens (tertiary/aromatic N) is 10. The maximum atomic E-state index is 14.0. The summed E-state index contributed by atoms with van der Waals surface area (Å²) in [5, 5.41) is 40.0. The fourth-order valence-electron chi connectivity index (χ4n) is 16.2. The molecule has 0 radical (unpaired) electrons. The van der Waals surface area contributed by atoms with Crippen molar-refractivity contribution in [3.8, 4) is 32.1 Å². The molecule has 28 heteroatoms. The zero-order valence-electron chi connectivity index (χ0n) is 65.4. The van der Waals surface area contributed by atoms with E-state index in [1.807, 2.05) is 176 Å². The Hall–Kier alpha value is -10.4. The maximum absolute atomic E-state index is 14.0. The van der Waals surface area contributed by atoms with Gasteiger partial charge >= 0.3 is 0 Å². The summed E-state index contributed by atoms with van der Waals surface area (Å²) in [4.78, 5) is 144. The molecule has 4 saturated heterocycles. The van der Waals surface area contributed by atoms with Crippen LogP contribution in [0.3, 0.4) is 0 Å². The molecule has 25 nitrogen and oxygen atoms in total. The zero-order chi connectivity index (χ0) is 80.8. The van der Waals surface area contributed by atoms with Crippen LogP contribution < -0.4 is 16.0 Å². The number of imidazole rings is 1. The fraction of sp³-hybridized carbons (Fsp3) is 0.435. The van der Waals surface area contributed by atoms with E-state index < -0.39 is 66.3 Å². The van der Waals surface area contributed by atoms with E-state index in [0.717, 1.165) is 77.9 Å². The molecule has 3 aromatic heterocycles. The van der Waals surface area contributed by atoms with Crippen LogP contribution in [0, 0.1) is 44.3 Å². The standard InChI is InChI=1S/C30H33FN4O4S.C30H35N5O4.C25H32N4O4S/c1-4-17(2)26(35-14-21-9-10-22(31)11-24(21)29(35)38)30(39)34-15-23(36)12-25(34)28(37)32-13-19-5-7-20(8-6-19)27-18(3)33-16-40-27;1-18(2)26(35-15-22-7-5-6-8-24(22)29(35)38)30(39)34-16-23(36)13-25(34)28(37)31-14-20-9-11-21(12-10-20)27-19(3)32-17-33(27)4;1-15(2)22(28-10-4-5-21(28)31)25(33)29-13-19(30)11-20(29)24(32)26-12-17-6-8-18(9-7-17)23-16(3)27-14-34-23/h5-11,16-17,23,25-26,36H,4,12-15H2,1-3H3,(H,32,37);5-12,17-18,23,25-26,36H,13-16H2,1-4H3,(H,31,37);6-9,14-15,19-20,22,30H,4-5,10-13H2,1-3H3,(H,26,32)/t17-,23+,25-,26-;23-,25+,26+;19-,20+,22+/m011/s1. The van der Waals surface area contributed by atoms with Gasteiger partial charge in [0.2, 0.25) is 41.4 Å². The molecule has 9 heterocycles. The zero-order valence-corrected chi connectivity index (χ0v) is 67.1. The van der Waals surface area contributed by atoms with Crippen molar-refractivity contribution in [2.24, 2.45) is 24.8 Å². The van der Waals surface area contributed by atoms with Gasteiger partial charge in [-0.05, 0) is 102 Å². The number of carbonyl (C=O) groups excluding carboxylic acids is 9. The molecule has 8 aromatic rings. The summed E-state index contributed by atoms with van der Waals surface area (Å²) in [6.45, 7) is 19.5. The van der Waals surface area contributed by atoms with Crippen LogP contribution in [0.4, 0.5) is 4.39 Å². The third kappa shape index (κ3) is 18.2. The first kappa shape index (κ1) is 82.1. The highest BCUT2D eigenvalue weighted by Gasteiger charge is 2.49. The van der Waals surface area contributed by atoms with Gasteiger partial charge in [-0.3, -0.25) is 43.2 Å². The lowest BCUT2D eigenvalue weighted by atomic mass is 9.95. The second kappa shape index (κ2) is 35.8. The van der Waals surface area contributed by atoms with E-state index >= 15 is 0 Å². The first-order chi connectivity index (χ1) is 54.1. The normalized spacial score (nSPS) is 20.2. The summed E-state index contributed by atoms with van der Waals surface area (Å²) >= 11 is 3.17. The number of thiazole rings is 2. The number of benzene rings is 5. The van der Waals surface area contributed by atoms with Gasteiger partial charge in [0.1, 0.15) is 42.1 Å². The summed E-state index contributed by atoms with van der Waals surface area (Å²) in [5.41, 5.74) is 16.0. The predicted octanol–water partition coefficient (Wildman–Crippen LogP) is 8.90. The van der Waals surface area contributed by atoms with Crippen molar-refractivity contribution in [2.75, 3.05) is 26.2 Å². The van der Waals surface area contributed by atoms with Gasteiger partial charge in [0, 0.05) is 108 Å². The number of nitrogens with one attached hydrogen (secondary N) is 3. The number of aliphatic hydroxyl groups is 3. The maximum Gasteiger partial charge on any atom is 0.255 e. The molecule has 6 aliphatic heterocycles. The Labute approximate surface area is 665 Å². The highest BCUT2D eigenvalue weighted by molar-refractivity contribution is 7.13. The molecule has 0 bridgehead atoms. The first-order valence-corrected chi connectivity index (χ1v) is 40.5. The Balaban J connectivity index is 0.000000158. The summed E-state index contributed by atoms with van der Waals surface area (Å²) in [6.07, 6.45) is 1.66. The minimum Gasteiger partial charge on any atom is -0.391 e. The second-order valence-electron chi connectivity index (χ2n) is 31.0. The molecule has 0 aliphatic carbocycles. The van der Waals surface area contributed by atoms with E-state index in [2.05, 4.69) is 30.9 Å². The van der Waals surface area contributed by atoms with Gasteiger partial charge in [0.25, 0.3) is 11.8 Å². The van der Waals surface area contributed by atoms with Crippen molar-refractivity contribution in [3.63, 3.8) is 0 Å². The van der Waals surface area contributed by atoms with Crippen molar-refractivity contribution in [2.45, 2.75) is 188 Å². The molecule has 14 rings (SSSR count). The highest BCUT2D eigenvalue weighted by atomic mass is 32.1. The molecule has 10 atom stereocenters. The van der Waals surface area contributed by atoms with Crippen molar-refractivity contribution < 1.29 is 62.9 Å². The Morgan fingerprint density at radius 2 is 0.938 bits per heavy atom. The van der Waals surface area contributed by atoms with Crippen molar-refractivity contribution in [3.05, 3.63) is 194 Å². The average molecular weight is 1580 g/mol. The highest BCUT2D eigenvalue weighted by Crippen LogP contribution is 2.36. The van der Waals surface area contributed by atoms with Crippen LogP contribution in [0.1, 0.15) is 146 Å². The molecule has 0 unspecified atom stereocenters. The van der Waals surface area contributed by atoms with E-state index in [1.54, 1.807) is 50.9 Å². The van der Waals surface area contributed by atoms with Crippen molar-refractivity contribution >= 4 is 75.8 Å². The van der Waals surface area contributed by atoms with Crippen molar-refractivity contribution in [1.29, 1.82) is 0 Å². The van der Waals surface area contributed by atoms with E-state index in [1.165, 1.54) is 31.7 Å². The lowest BCUT2D eigenvalue weighted by molar-refractivity contribution is -0.148. The van der Waals surface area contributed by atoms with Crippen LogP contribution in [-0.2, 0) is 73.3 Å². The number of likely N-dealkylation sites (tertiary alicyclic amines) is 4. The van der Waals surface area contributed by atoms with Crippen LogP contribution in [0.15, 0.2) is 133 Å².